The van der Waals surface area contributed by atoms with Crippen molar-refractivity contribution < 1.29 is 23.0 Å². The van der Waals surface area contributed by atoms with Crippen LogP contribution in [0.15, 0.2) is 0 Å². The molecule has 0 saturated heterocycles. The standard InChI is InChI=1S/C9H17F3O2/c1-7(6-14-2)8(13)4-3-5-9(10,11)12/h7-8,13H,3-6H2,1-2H3. The molecular formula is C9H17F3O2. The lowest BCUT2D eigenvalue weighted by molar-refractivity contribution is -0.136. The zero-order valence-corrected chi connectivity index (χ0v) is 8.47. The van der Waals surface area contributed by atoms with Crippen molar-refractivity contribution in [2.24, 2.45) is 5.92 Å². The summed E-state index contributed by atoms with van der Waals surface area (Å²) < 4.78 is 40.0. The van der Waals surface area contributed by atoms with Gasteiger partial charge in [0.25, 0.3) is 0 Å². The summed E-state index contributed by atoms with van der Waals surface area (Å²) in [6.07, 6.45) is -5.52. The van der Waals surface area contributed by atoms with Gasteiger partial charge in [-0.05, 0) is 12.8 Å². The molecule has 0 aliphatic heterocycles. The van der Waals surface area contributed by atoms with Crippen LogP contribution in [0.1, 0.15) is 26.2 Å². The Bertz CT molecular complexity index is 147. The third kappa shape index (κ3) is 7.15. The zero-order valence-electron chi connectivity index (χ0n) is 8.47. The van der Waals surface area contributed by atoms with E-state index in [2.05, 4.69) is 0 Å². The Kier molecular flexibility index (Phi) is 6.11. The summed E-state index contributed by atoms with van der Waals surface area (Å²) in [5.74, 6) is -0.117. The highest BCUT2D eigenvalue weighted by Crippen LogP contribution is 2.23. The van der Waals surface area contributed by atoms with Crippen LogP contribution in [0.4, 0.5) is 13.2 Å². The van der Waals surface area contributed by atoms with Crippen molar-refractivity contribution in [3.05, 3.63) is 0 Å². The molecule has 1 N–H and O–H groups in total. The van der Waals surface area contributed by atoms with Gasteiger partial charge in [0, 0.05) is 19.4 Å². The minimum Gasteiger partial charge on any atom is -0.393 e. The van der Waals surface area contributed by atoms with E-state index in [4.69, 9.17) is 4.74 Å². The first-order valence-electron chi connectivity index (χ1n) is 4.60. The van der Waals surface area contributed by atoms with Crippen LogP contribution in [-0.4, -0.2) is 31.1 Å². The molecule has 0 aliphatic rings. The maximum Gasteiger partial charge on any atom is 0.389 e. The Balaban J connectivity index is 3.58. The fourth-order valence-electron chi connectivity index (χ4n) is 1.17. The van der Waals surface area contributed by atoms with Gasteiger partial charge >= 0.3 is 6.18 Å². The first kappa shape index (κ1) is 13.7. The second-order valence-corrected chi connectivity index (χ2v) is 3.51. The number of hydrogen-bond donors (Lipinski definition) is 1. The first-order chi connectivity index (χ1) is 6.37. The average Bonchev–Trinajstić information content (AvgIpc) is 2.02. The van der Waals surface area contributed by atoms with Crippen molar-refractivity contribution >= 4 is 0 Å². The van der Waals surface area contributed by atoms with Gasteiger partial charge in [0.05, 0.1) is 12.7 Å². The quantitative estimate of drug-likeness (QED) is 0.735. The summed E-state index contributed by atoms with van der Waals surface area (Å²) in [5.41, 5.74) is 0. The maximum absolute atomic E-state index is 11.7. The Labute approximate surface area is 82.1 Å². The molecule has 0 rings (SSSR count). The summed E-state index contributed by atoms with van der Waals surface area (Å²) in [7, 11) is 1.50. The van der Waals surface area contributed by atoms with Crippen LogP contribution in [0.25, 0.3) is 0 Å². The van der Waals surface area contributed by atoms with E-state index in [9.17, 15) is 18.3 Å². The van der Waals surface area contributed by atoms with Gasteiger partial charge in [0.2, 0.25) is 0 Å². The van der Waals surface area contributed by atoms with Crippen LogP contribution < -0.4 is 0 Å². The molecule has 0 radical (unpaired) electrons. The van der Waals surface area contributed by atoms with E-state index < -0.39 is 18.7 Å². The molecule has 0 fully saturated rings. The van der Waals surface area contributed by atoms with Crippen molar-refractivity contribution in [2.45, 2.75) is 38.5 Å². The molecule has 86 valence electrons. The van der Waals surface area contributed by atoms with E-state index in [1.807, 2.05) is 0 Å². The molecule has 0 aromatic rings. The summed E-state index contributed by atoms with van der Waals surface area (Å²) in [5, 5.41) is 9.40. The third-order valence-corrected chi connectivity index (χ3v) is 2.05. The fraction of sp³-hybridized carbons (Fsp3) is 1.00. The SMILES string of the molecule is COCC(C)C(O)CCCC(F)(F)F. The molecule has 14 heavy (non-hydrogen) atoms. The lowest BCUT2D eigenvalue weighted by Crippen LogP contribution is -2.22. The van der Waals surface area contributed by atoms with Crippen LogP contribution in [0, 0.1) is 5.92 Å². The van der Waals surface area contributed by atoms with E-state index in [-0.39, 0.29) is 18.8 Å². The molecule has 2 atom stereocenters. The van der Waals surface area contributed by atoms with Gasteiger partial charge in [-0.25, -0.2) is 0 Å². The highest BCUT2D eigenvalue weighted by atomic mass is 19.4. The number of alkyl halides is 3. The van der Waals surface area contributed by atoms with Crippen LogP contribution in [0.5, 0.6) is 0 Å². The minimum absolute atomic E-state index is 0.0290. The monoisotopic (exact) mass is 214 g/mol. The van der Waals surface area contributed by atoms with Crippen molar-refractivity contribution in [1.29, 1.82) is 0 Å². The maximum atomic E-state index is 11.7. The Morgan fingerprint density at radius 3 is 2.36 bits per heavy atom. The molecule has 5 heteroatoms. The molecule has 0 saturated carbocycles. The minimum atomic E-state index is -4.12. The van der Waals surface area contributed by atoms with Crippen LogP contribution in [0.2, 0.25) is 0 Å². The fourth-order valence-corrected chi connectivity index (χ4v) is 1.17. The molecule has 0 amide bonds. The summed E-state index contributed by atoms with van der Waals surface area (Å²) in [6.45, 7) is 2.12. The second-order valence-electron chi connectivity index (χ2n) is 3.51. The van der Waals surface area contributed by atoms with E-state index in [1.165, 1.54) is 7.11 Å². The smallest absolute Gasteiger partial charge is 0.389 e. The second kappa shape index (κ2) is 6.24. The Morgan fingerprint density at radius 2 is 1.93 bits per heavy atom. The molecule has 0 heterocycles. The third-order valence-electron chi connectivity index (χ3n) is 2.05. The summed E-state index contributed by atoms with van der Waals surface area (Å²) in [4.78, 5) is 0. The predicted molar refractivity (Wildman–Crippen MR) is 47.0 cm³/mol. The van der Waals surface area contributed by atoms with Gasteiger partial charge in [0.15, 0.2) is 0 Å². The van der Waals surface area contributed by atoms with Gasteiger partial charge in [-0.1, -0.05) is 6.92 Å². The molecule has 0 spiro atoms. The van der Waals surface area contributed by atoms with Crippen molar-refractivity contribution in [3.8, 4) is 0 Å². The predicted octanol–water partition coefficient (Wildman–Crippen LogP) is 2.36. The van der Waals surface area contributed by atoms with Crippen molar-refractivity contribution in [1.82, 2.24) is 0 Å². The van der Waals surface area contributed by atoms with Crippen LogP contribution in [0.3, 0.4) is 0 Å². The molecule has 2 nitrogen and oxygen atoms in total. The van der Waals surface area contributed by atoms with Gasteiger partial charge in [-0.2, -0.15) is 13.2 Å². The molecule has 0 aliphatic carbocycles. The number of aliphatic hydroxyl groups excluding tert-OH is 1. The van der Waals surface area contributed by atoms with Crippen molar-refractivity contribution in [2.75, 3.05) is 13.7 Å². The normalized spacial score (nSPS) is 16.7. The number of hydrogen-bond acceptors (Lipinski definition) is 2. The Hall–Kier alpha value is -0.290. The highest BCUT2D eigenvalue weighted by Gasteiger charge is 2.27. The highest BCUT2D eigenvalue weighted by molar-refractivity contribution is 4.65. The summed E-state index contributed by atoms with van der Waals surface area (Å²) >= 11 is 0. The molecule has 0 aromatic heterocycles. The lowest BCUT2D eigenvalue weighted by atomic mass is 10.0. The molecule has 2 unspecified atom stereocenters. The number of aliphatic hydroxyl groups is 1. The van der Waals surface area contributed by atoms with E-state index >= 15 is 0 Å². The average molecular weight is 214 g/mol. The lowest BCUT2D eigenvalue weighted by Gasteiger charge is -2.18. The number of ether oxygens (including phenoxy) is 1. The topological polar surface area (TPSA) is 29.5 Å². The molecule has 0 bridgehead atoms. The van der Waals surface area contributed by atoms with Crippen molar-refractivity contribution in [3.63, 3.8) is 0 Å². The molecular weight excluding hydrogens is 197 g/mol. The van der Waals surface area contributed by atoms with Gasteiger partial charge in [-0.3, -0.25) is 0 Å². The van der Waals surface area contributed by atoms with Crippen LogP contribution >= 0.6 is 0 Å². The van der Waals surface area contributed by atoms with Gasteiger partial charge < -0.3 is 9.84 Å². The Morgan fingerprint density at radius 1 is 1.36 bits per heavy atom. The molecule has 0 aromatic carbocycles. The zero-order chi connectivity index (χ0) is 11.2. The van der Waals surface area contributed by atoms with E-state index in [1.54, 1.807) is 6.92 Å². The first-order valence-corrected chi connectivity index (χ1v) is 4.60. The van der Waals surface area contributed by atoms with Crippen LogP contribution in [-0.2, 0) is 4.74 Å². The van der Waals surface area contributed by atoms with E-state index in [0.29, 0.717) is 6.61 Å². The van der Waals surface area contributed by atoms with Gasteiger partial charge in [0.1, 0.15) is 0 Å². The summed E-state index contributed by atoms with van der Waals surface area (Å²) in [6, 6.07) is 0. The van der Waals surface area contributed by atoms with E-state index in [0.717, 1.165) is 0 Å². The largest absolute Gasteiger partial charge is 0.393 e. The van der Waals surface area contributed by atoms with Gasteiger partial charge in [-0.15, -0.1) is 0 Å². The number of rotatable bonds is 6. The number of methoxy groups -OCH3 is 1. The number of halogens is 3.